The molecule has 4 aliphatic rings. The van der Waals surface area contributed by atoms with E-state index >= 15 is 0 Å². The normalized spacial score (nSPS) is 54.0. The fraction of sp³-hybridized carbons (Fsp3) is 1.00. The summed E-state index contributed by atoms with van der Waals surface area (Å²) in [6.45, 7) is 7.50. The summed E-state index contributed by atoms with van der Waals surface area (Å²) in [5.74, 6) is 3.67. The Morgan fingerprint density at radius 1 is 0.958 bits per heavy atom. The molecule has 0 aliphatic heterocycles. The van der Waals surface area contributed by atoms with Gasteiger partial charge in [0, 0.05) is 11.8 Å². The van der Waals surface area contributed by atoms with Gasteiger partial charge in [0.05, 0.1) is 12.1 Å². The number of hydrogen-bond acceptors (Lipinski definition) is 1. The van der Waals surface area contributed by atoms with Crippen molar-refractivity contribution in [1.29, 1.82) is 0 Å². The molecular formula is C21H40N2O+2. The van der Waals surface area contributed by atoms with Gasteiger partial charge in [-0.05, 0) is 80.5 Å². The molecule has 138 valence electrons. The van der Waals surface area contributed by atoms with Crippen molar-refractivity contribution >= 4 is 0 Å². The maximum Gasteiger partial charge on any atom is 0.125 e. The molecule has 0 spiro atoms. The molecule has 0 unspecified atom stereocenters. The summed E-state index contributed by atoms with van der Waals surface area (Å²) in [6.07, 6.45) is 12.0. The van der Waals surface area contributed by atoms with E-state index in [4.69, 9.17) is 0 Å². The van der Waals surface area contributed by atoms with Gasteiger partial charge in [0.2, 0.25) is 0 Å². The molecule has 4 saturated carbocycles. The van der Waals surface area contributed by atoms with Crippen LogP contribution in [0.2, 0.25) is 0 Å². The average Bonchev–Trinajstić information content (AvgIpc) is 2.90. The van der Waals surface area contributed by atoms with E-state index < -0.39 is 0 Å². The third kappa shape index (κ3) is 2.49. The summed E-state index contributed by atoms with van der Waals surface area (Å²) >= 11 is 0. The highest BCUT2D eigenvalue weighted by molar-refractivity contribution is 5.09. The summed E-state index contributed by atoms with van der Waals surface area (Å²) in [5, 5.41) is 12.8. The molecule has 0 aromatic heterocycles. The van der Waals surface area contributed by atoms with Gasteiger partial charge < -0.3 is 16.2 Å². The molecule has 8 atom stereocenters. The van der Waals surface area contributed by atoms with Crippen molar-refractivity contribution in [2.24, 2.45) is 34.5 Å². The van der Waals surface area contributed by atoms with E-state index in [9.17, 15) is 5.11 Å². The van der Waals surface area contributed by atoms with Crippen LogP contribution in [-0.4, -0.2) is 30.3 Å². The molecular weight excluding hydrogens is 296 g/mol. The number of fused-ring (bicyclic) bond motifs is 5. The Kier molecular flexibility index (Phi) is 4.50. The van der Waals surface area contributed by atoms with Crippen molar-refractivity contribution in [1.82, 2.24) is 0 Å². The fourth-order valence-electron chi connectivity index (χ4n) is 7.98. The van der Waals surface area contributed by atoms with Crippen LogP contribution in [-0.2, 0) is 0 Å². The molecule has 0 radical (unpaired) electrons. The summed E-state index contributed by atoms with van der Waals surface area (Å²) in [6, 6.07) is 0.851. The molecule has 4 rings (SSSR count). The standard InChI is InChI=1S/C21H38N2O/c1-20-9-7-15(24)13-14(20)3-4-16-17-5-6-19(23-12-11-22)21(17,2)10-8-18(16)20/h14-19,23-24H,3-13,22H2,1-2H3/p+2/t14-,15+,16-,17-,18+,19-,20-,21+/m1/s1. The van der Waals surface area contributed by atoms with Crippen LogP contribution in [0.3, 0.4) is 0 Å². The van der Waals surface area contributed by atoms with Crippen LogP contribution in [0.1, 0.15) is 71.6 Å². The third-order valence-electron chi connectivity index (χ3n) is 9.37. The van der Waals surface area contributed by atoms with E-state index in [2.05, 4.69) is 24.9 Å². The van der Waals surface area contributed by atoms with E-state index in [0.29, 0.717) is 10.8 Å². The Morgan fingerprint density at radius 2 is 1.71 bits per heavy atom. The van der Waals surface area contributed by atoms with Gasteiger partial charge in [-0.25, -0.2) is 0 Å². The molecule has 0 aromatic rings. The topological polar surface area (TPSA) is 64.5 Å². The van der Waals surface area contributed by atoms with Crippen molar-refractivity contribution in [3.8, 4) is 0 Å². The minimum atomic E-state index is -0.0124. The Labute approximate surface area is 148 Å². The predicted molar refractivity (Wildman–Crippen MR) is 96.1 cm³/mol. The largest absolute Gasteiger partial charge is 0.393 e. The lowest BCUT2D eigenvalue weighted by atomic mass is 9.45. The quantitative estimate of drug-likeness (QED) is 0.719. The maximum absolute atomic E-state index is 10.2. The summed E-state index contributed by atoms with van der Waals surface area (Å²) in [4.78, 5) is 0. The number of rotatable bonds is 3. The van der Waals surface area contributed by atoms with Crippen LogP contribution in [0.15, 0.2) is 0 Å². The van der Waals surface area contributed by atoms with Crippen molar-refractivity contribution < 1.29 is 16.2 Å². The van der Waals surface area contributed by atoms with E-state index in [1.54, 1.807) is 0 Å². The lowest BCUT2D eigenvalue weighted by Gasteiger charge is -2.60. The molecule has 0 bridgehead atoms. The predicted octanol–water partition coefficient (Wildman–Crippen LogP) is 1.56. The Hall–Kier alpha value is -0.120. The van der Waals surface area contributed by atoms with E-state index in [-0.39, 0.29) is 6.10 Å². The lowest BCUT2D eigenvalue weighted by molar-refractivity contribution is -0.712. The molecule has 3 heteroatoms. The first kappa shape index (κ1) is 17.3. The maximum atomic E-state index is 10.2. The SMILES string of the molecule is C[C@]12CC[C@H]3[C@H](CC[C@@H]4C[C@@H](O)CC[C@]43C)[C@H]1CC[C@H]2[NH2+]CC[NH3+]. The molecule has 4 aliphatic carbocycles. The van der Waals surface area contributed by atoms with Gasteiger partial charge in [0.15, 0.2) is 0 Å². The van der Waals surface area contributed by atoms with E-state index in [0.717, 1.165) is 49.1 Å². The summed E-state index contributed by atoms with van der Waals surface area (Å²) < 4.78 is 0. The second-order valence-corrected chi connectivity index (χ2v) is 10.2. The van der Waals surface area contributed by atoms with Crippen LogP contribution >= 0.6 is 0 Å². The zero-order valence-corrected chi connectivity index (χ0v) is 16.0. The molecule has 24 heavy (non-hydrogen) atoms. The van der Waals surface area contributed by atoms with Gasteiger partial charge in [-0.2, -0.15) is 0 Å². The van der Waals surface area contributed by atoms with Gasteiger partial charge in [0.25, 0.3) is 0 Å². The van der Waals surface area contributed by atoms with Gasteiger partial charge in [-0.1, -0.05) is 13.8 Å². The first-order chi connectivity index (χ1) is 11.5. The van der Waals surface area contributed by atoms with Gasteiger partial charge in [-0.3, -0.25) is 0 Å². The first-order valence-electron chi connectivity index (χ1n) is 10.8. The minimum absolute atomic E-state index is 0.0124. The average molecular weight is 337 g/mol. The highest BCUT2D eigenvalue weighted by Crippen LogP contribution is 2.65. The Bertz CT molecular complexity index is 469. The number of aliphatic hydroxyl groups excluding tert-OH is 1. The second-order valence-electron chi connectivity index (χ2n) is 10.2. The summed E-state index contributed by atoms with van der Waals surface area (Å²) in [7, 11) is 0. The second kappa shape index (κ2) is 6.25. The summed E-state index contributed by atoms with van der Waals surface area (Å²) in [5.41, 5.74) is 5.15. The first-order valence-corrected chi connectivity index (χ1v) is 10.8. The fourth-order valence-corrected chi connectivity index (χ4v) is 7.98. The zero-order valence-electron chi connectivity index (χ0n) is 16.0. The zero-order chi connectivity index (χ0) is 16.9. The highest BCUT2D eigenvalue weighted by Gasteiger charge is 2.61. The molecule has 4 fully saturated rings. The van der Waals surface area contributed by atoms with Crippen molar-refractivity contribution in [2.45, 2.75) is 83.8 Å². The molecule has 0 heterocycles. The van der Waals surface area contributed by atoms with Gasteiger partial charge >= 0.3 is 0 Å². The van der Waals surface area contributed by atoms with Gasteiger partial charge in [-0.15, -0.1) is 0 Å². The number of aliphatic hydroxyl groups is 1. The third-order valence-corrected chi connectivity index (χ3v) is 9.37. The highest BCUT2D eigenvalue weighted by atomic mass is 16.3. The van der Waals surface area contributed by atoms with Crippen LogP contribution in [0.4, 0.5) is 0 Å². The van der Waals surface area contributed by atoms with Crippen molar-refractivity contribution in [3.63, 3.8) is 0 Å². The molecule has 0 saturated heterocycles. The van der Waals surface area contributed by atoms with Crippen LogP contribution in [0, 0.1) is 34.5 Å². The molecule has 3 nitrogen and oxygen atoms in total. The Balaban J connectivity index is 1.54. The van der Waals surface area contributed by atoms with Crippen LogP contribution in [0.25, 0.3) is 0 Å². The van der Waals surface area contributed by atoms with E-state index in [1.165, 1.54) is 51.5 Å². The Morgan fingerprint density at radius 3 is 2.50 bits per heavy atom. The van der Waals surface area contributed by atoms with Crippen LogP contribution < -0.4 is 11.1 Å². The molecule has 0 amide bonds. The van der Waals surface area contributed by atoms with Crippen molar-refractivity contribution in [3.05, 3.63) is 0 Å². The van der Waals surface area contributed by atoms with Crippen LogP contribution in [0.5, 0.6) is 0 Å². The minimum Gasteiger partial charge on any atom is -0.393 e. The number of quaternary nitrogens is 2. The molecule has 6 N–H and O–H groups in total. The number of hydrogen-bond donors (Lipinski definition) is 3. The molecule has 0 aromatic carbocycles. The van der Waals surface area contributed by atoms with E-state index in [1.807, 2.05) is 0 Å². The smallest absolute Gasteiger partial charge is 0.125 e. The lowest BCUT2D eigenvalue weighted by Crippen LogP contribution is -2.95. The monoisotopic (exact) mass is 336 g/mol. The van der Waals surface area contributed by atoms with Crippen molar-refractivity contribution in [2.75, 3.05) is 13.1 Å². The van der Waals surface area contributed by atoms with Gasteiger partial charge in [0.1, 0.15) is 13.1 Å². The number of nitrogens with two attached hydrogens (primary N) is 1.